The number of hydrogen-bond acceptors (Lipinski definition) is 3. The number of halogens is 1. The summed E-state index contributed by atoms with van der Waals surface area (Å²) in [7, 11) is 0. The van der Waals surface area contributed by atoms with Gasteiger partial charge in [0.2, 0.25) is 11.8 Å². The van der Waals surface area contributed by atoms with Crippen LogP contribution in [0.2, 0.25) is 5.02 Å². The van der Waals surface area contributed by atoms with E-state index in [0.717, 1.165) is 11.1 Å². The van der Waals surface area contributed by atoms with E-state index in [0.29, 0.717) is 42.0 Å². The molecule has 2 aromatic rings. The van der Waals surface area contributed by atoms with Crippen molar-refractivity contribution in [2.75, 3.05) is 18.8 Å². The number of carbonyl (C=O) groups is 2. The highest BCUT2D eigenvalue weighted by molar-refractivity contribution is 7.99. The van der Waals surface area contributed by atoms with Gasteiger partial charge >= 0.3 is 0 Å². The summed E-state index contributed by atoms with van der Waals surface area (Å²) in [4.78, 5) is 27.3. The summed E-state index contributed by atoms with van der Waals surface area (Å²) in [6.07, 6.45) is 0.716. The van der Waals surface area contributed by atoms with E-state index in [1.54, 1.807) is 11.8 Å². The van der Waals surface area contributed by atoms with Crippen molar-refractivity contribution in [3.8, 4) is 0 Å². The number of benzene rings is 2. The second kappa shape index (κ2) is 12.7. The minimum absolute atomic E-state index is 0.0230. The molecule has 0 saturated heterocycles. The molecule has 2 amide bonds. The summed E-state index contributed by atoms with van der Waals surface area (Å²) in [5, 5.41) is 3.64. The molecule has 0 aliphatic carbocycles. The molecule has 1 atom stereocenters. The quantitative estimate of drug-likeness (QED) is 0.539. The smallest absolute Gasteiger partial charge is 0.242 e. The third-order valence-electron chi connectivity index (χ3n) is 4.72. The lowest BCUT2D eigenvalue weighted by Gasteiger charge is -2.29. The average Bonchev–Trinajstić information content (AvgIpc) is 2.72. The van der Waals surface area contributed by atoms with Gasteiger partial charge in [0.1, 0.15) is 6.04 Å². The Morgan fingerprint density at radius 1 is 1.03 bits per heavy atom. The molecule has 30 heavy (non-hydrogen) atoms. The van der Waals surface area contributed by atoms with Crippen LogP contribution in [0.15, 0.2) is 54.6 Å². The van der Waals surface area contributed by atoms with Gasteiger partial charge in [0.05, 0.1) is 5.75 Å². The molecule has 0 fully saturated rings. The van der Waals surface area contributed by atoms with Crippen LogP contribution in [0, 0.1) is 5.92 Å². The Balaban J connectivity index is 1.98. The van der Waals surface area contributed by atoms with Crippen LogP contribution in [0.25, 0.3) is 0 Å². The van der Waals surface area contributed by atoms with Crippen molar-refractivity contribution >= 4 is 35.2 Å². The fourth-order valence-corrected chi connectivity index (χ4v) is 4.06. The van der Waals surface area contributed by atoms with Crippen molar-refractivity contribution in [1.29, 1.82) is 0 Å². The van der Waals surface area contributed by atoms with Gasteiger partial charge < -0.3 is 10.2 Å². The lowest BCUT2D eigenvalue weighted by molar-refractivity contribution is -0.138. The van der Waals surface area contributed by atoms with Gasteiger partial charge in [-0.25, -0.2) is 0 Å². The fourth-order valence-electron chi connectivity index (χ4n) is 2.99. The van der Waals surface area contributed by atoms with E-state index in [1.165, 1.54) is 11.8 Å². The van der Waals surface area contributed by atoms with Crippen molar-refractivity contribution in [2.45, 2.75) is 39.0 Å². The summed E-state index contributed by atoms with van der Waals surface area (Å²) >= 11 is 7.57. The second-order valence-corrected chi connectivity index (χ2v) is 9.18. The molecule has 1 N–H and O–H groups in total. The zero-order valence-corrected chi connectivity index (χ0v) is 19.5. The largest absolute Gasteiger partial charge is 0.354 e. The molecule has 0 spiro atoms. The lowest BCUT2D eigenvalue weighted by atomic mass is 10.1. The second-order valence-electron chi connectivity index (χ2n) is 7.76. The van der Waals surface area contributed by atoms with Crippen LogP contribution in [0.3, 0.4) is 0 Å². The maximum Gasteiger partial charge on any atom is 0.242 e. The molecule has 2 rings (SSSR count). The van der Waals surface area contributed by atoms with E-state index in [2.05, 4.69) is 19.2 Å². The number of rotatable bonds is 11. The minimum atomic E-state index is -0.508. The summed E-state index contributed by atoms with van der Waals surface area (Å²) < 4.78 is 0. The first kappa shape index (κ1) is 24.3. The molecule has 0 unspecified atom stereocenters. The van der Waals surface area contributed by atoms with Crippen LogP contribution < -0.4 is 5.32 Å². The Hall–Kier alpha value is -1.98. The number of thioether (sulfide) groups is 1. The molecule has 0 aliphatic rings. The lowest BCUT2D eigenvalue weighted by Crippen LogP contribution is -2.50. The highest BCUT2D eigenvalue weighted by atomic mass is 35.5. The predicted octanol–water partition coefficient (Wildman–Crippen LogP) is 4.81. The highest BCUT2D eigenvalue weighted by Crippen LogP contribution is 2.18. The first-order valence-corrected chi connectivity index (χ1v) is 11.8. The van der Waals surface area contributed by atoms with E-state index < -0.39 is 6.04 Å². The summed E-state index contributed by atoms with van der Waals surface area (Å²) in [6.45, 7) is 7.02. The molecule has 4 nitrogen and oxygen atoms in total. The third kappa shape index (κ3) is 8.41. The predicted molar refractivity (Wildman–Crippen MR) is 127 cm³/mol. The SMILES string of the molecule is CC(C)CNC(=O)[C@H](C)N(CCc1ccccc1)C(=O)CSCc1cccc(Cl)c1. The first-order valence-electron chi connectivity index (χ1n) is 10.3. The summed E-state index contributed by atoms with van der Waals surface area (Å²) in [5.74, 6) is 1.26. The Bertz CT molecular complexity index is 814. The number of amides is 2. The van der Waals surface area contributed by atoms with Crippen LogP contribution in [-0.4, -0.2) is 41.6 Å². The Morgan fingerprint density at radius 2 is 1.73 bits per heavy atom. The highest BCUT2D eigenvalue weighted by Gasteiger charge is 2.25. The van der Waals surface area contributed by atoms with Crippen LogP contribution in [0.5, 0.6) is 0 Å². The molecular formula is C24H31ClN2O2S. The van der Waals surface area contributed by atoms with Crippen molar-refractivity contribution in [3.05, 3.63) is 70.7 Å². The molecule has 0 bridgehead atoms. The maximum atomic E-state index is 13.0. The maximum absolute atomic E-state index is 13.0. The fraction of sp³-hybridized carbons (Fsp3) is 0.417. The number of hydrogen-bond donors (Lipinski definition) is 1. The molecule has 0 radical (unpaired) electrons. The Morgan fingerprint density at radius 3 is 2.40 bits per heavy atom. The molecular weight excluding hydrogens is 416 g/mol. The van der Waals surface area contributed by atoms with Crippen LogP contribution in [0.4, 0.5) is 0 Å². The minimum Gasteiger partial charge on any atom is -0.354 e. The normalized spacial score (nSPS) is 11.9. The molecule has 162 valence electrons. The van der Waals surface area contributed by atoms with Gasteiger partial charge in [-0.1, -0.05) is 67.9 Å². The monoisotopic (exact) mass is 446 g/mol. The number of carbonyl (C=O) groups excluding carboxylic acids is 2. The zero-order chi connectivity index (χ0) is 21.9. The molecule has 0 aromatic heterocycles. The van der Waals surface area contributed by atoms with Gasteiger partial charge in [0.15, 0.2) is 0 Å². The van der Waals surface area contributed by atoms with Crippen molar-refractivity contribution in [3.63, 3.8) is 0 Å². The molecule has 0 saturated carbocycles. The zero-order valence-electron chi connectivity index (χ0n) is 17.9. The number of nitrogens with zero attached hydrogens (tertiary/aromatic N) is 1. The third-order valence-corrected chi connectivity index (χ3v) is 5.94. The molecule has 0 heterocycles. The number of nitrogens with one attached hydrogen (secondary N) is 1. The van der Waals surface area contributed by atoms with Gasteiger partial charge in [-0.05, 0) is 42.5 Å². The first-order chi connectivity index (χ1) is 14.4. The molecule has 6 heteroatoms. The average molecular weight is 447 g/mol. The Kier molecular flexibility index (Phi) is 10.2. The Labute approximate surface area is 189 Å². The van der Waals surface area contributed by atoms with E-state index in [4.69, 9.17) is 11.6 Å². The van der Waals surface area contributed by atoms with Gasteiger partial charge in [0, 0.05) is 23.9 Å². The van der Waals surface area contributed by atoms with Crippen LogP contribution >= 0.6 is 23.4 Å². The van der Waals surface area contributed by atoms with Gasteiger partial charge in [-0.15, -0.1) is 11.8 Å². The van der Waals surface area contributed by atoms with E-state index in [9.17, 15) is 9.59 Å². The van der Waals surface area contributed by atoms with E-state index in [-0.39, 0.29) is 11.8 Å². The molecule has 0 aliphatic heterocycles. The topological polar surface area (TPSA) is 49.4 Å². The summed E-state index contributed by atoms with van der Waals surface area (Å²) in [6, 6.07) is 17.2. The van der Waals surface area contributed by atoms with Crippen molar-refractivity contribution < 1.29 is 9.59 Å². The van der Waals surface area contributed by atoms with Crippen LogP contribution in [-0.2, 0) is 21.8 Å². The van der Waals surface area contributed by atoms with Gasteiger partial charge in [-0.3, -0.25) is 9.59 Å². The van der Waals surface area contributed by atoms with Crippen LogP contribution in [0.1, 0.15) is 31.9 Å². The summed E-state index contributed by atoms with van der Waals surface area (Å²) in [5.41, 5.74) is 2.23. The van der Waals surface area contributed by atoms with E-state index >= 15 is 0 Å². The van der Waals surface area contributed by atoms with Crippen molar-refractivity contribution in [1.82, 2.24) is 10.2 Å². The van der Waals surface area contributed by atoms with E-state index in [1.807, 2.05) is 54.6 Å². The van der Waals surface area contributed by atoms with Gasteiger partial charge in [-0.2, -0.15) is 0 Å². The standard InChI is InChI=1S/C24H31ClN2O2S/c1-18(2)15-26-24(29)19(3)27(13-12-20-8-5-4-6-9-20)23(28)17-30-16-21-10-7-11-22(25)14-21/h4-11,14,18-19H,12-13,15-17H2,1-3H3,(H,26,29)/t19-/m0/s1. The van der Waals surface area contributed by atoms with Crippen molar-refractivity contribution in [2.24, 2.45) is 5.92 Å². The van der Waals surface area contributed by atoms with Gasteiger partial charge in [0.25, 0.3) is 0 Å². The molecule has 2 aromatic carbocycles.